The molecule has 110 valence electrons. The quantitative estimate of drug-likeness (QED) is 0.938. The summed E-state index contributed by atoms with van der Waals surface area (Å²) in [5, 5.41) is 3.35. The number of carbonyl (C=O) groups is 2. The van der Waals surface area contributed by atoms with Crippen molar-refractivity contribution in [2.45, 2.75) is 19.9 Å². The molecule has 0 aliphatic carbocycles. The van der Waals surface area contributed by atoms with Crippen LogP contribution in [0.2, 0.25) is 0 Å². The van der Waals surface area contributed by atoms with Crippen molar-refractivity contribution in [2.75, 3.05) is 11.9 Å². The summed E-state index contributed by atoms with van der Waals surface area (Å²) in [6.07, 6.45) is 3.52. The van der Waals surface area contributed by atoms with Gasteiger partial charge in [0, 0.05) is 24.0 Å². The summed E-state index contributed by atoms with van der Waals surface area (Å²) in [7, 11) is 0. The van der Waals surface area contributed by atoms with Crippen LogP contribution in [0, 0.1) is 12.8 Å². The van der Waals surface area contributed by atoms with Crippen LogP contribution in [0.25, 0.3) is 0 Å². The average Bonchev–Trinajstić information content (AvgIpc) is 3.15. The largest absolute Gasteiger partial charge is 0.467 e. The van der Waals surface area contributed by atoms with E-state index in [0.29, 0.717) is 18.2 Å². The molecule has 2 aromatic heterocycles. The number of hydrogen-bond acceptors (Lipinski definition) is 5. The van der Waals surface area contributed by atoms with E-state index in [0.717, 1.165) is 10.6 Å². The summed E-state index contributed by atoms with van der Waals surface area (Å²) >= 11 is 1.42. The summed E-state index contributed by atoms with van der Waals surface area (Å²) in [4.78, 5) is 30.9. The molecule has 1 fully saturated rings. The van der Waals surface area contributed by atoms with Crippen molar-refractivity contribution in [2.24, 2.45) is 5.92 Å². The van der Waals surface area contributed by atoms with Crippen molar-refractivity contribution in [3.8, 4) is 0 Å². The van der Waals surface area contributed by atoms with E-state index < -0.39 is 0 Å². The van der Waals surface area contributed by atoms with Gasteiger partial charge in [-0.3, -0.25) is 9.59 Å². The number of aromatic nitrogens is 1. The molecule has 0 radical (unpaired) electrons. The molecule has 1 atom stereocenters. The number of rotatable bonds is 4. The monoisotopic (exact) mass is 305 g/mol. The SMILES string of the molecule is Cc1cnc(NC(=O)[C@@H]2CC(=O)N(Cc3ccco3)C2)s1. The maximum Gasteiger partial charge on any atom is 0.231 e. The normalized spacial score (nSPS) is 18.2. The number of hydrogen-bond donors (Lipinski definition) is 1. The van der Waals surface area contributed by atoms with Crippen LogP contribution in [-0.2, 0) is 16.1 Å². The van der Waals surface area contributed by atoms with Gasteiger partial charge >= 0.3 is 0 Å². The number of amides is 2. The van der Waals surface area contributed by atoms with Crippen LogP contribution in [0.4, 0.5) is 5.13 Å². The number of carbonyl (C=O) groups excluding carboxylic acids is 2. The molecule has 3 rings (SSSR count). The number of anilines is 1. The predicted octanol–water partition coefficient (Wildman–Crippen LogP) is 2.03. The van der Waals surface area contributed by atoms with Gasteiger partial charge in [0.05, 0.1) is 18.7 Å². The minimum absolute atomic E-state index is 0.0260. The highest BCUT2D eigenvalue weighted by atomic mass is 32.1. The third kappa shape index (κ3) is 3.13. The van der Waals surface area contributed by atoms with Crippen LogP contribution in [0.15, 0.2) is 29.0 Å². The predicted molar refractivity (Wildman–Crippen MR) is 77.7 cm³/mol. The average molecular weight is 305 g/mol. The summed E-state index contributed by atoms with van der Waals surface area (Å²) in [6, 6.07) is 3.60. The minimum atomic E-state index is -0.336. The number of furan rings is 1. The van der Waals surface area contributed by atoms with Crippen molar-refractivity contribution in [1.82, 2.24) is 9.88 Å². The Labute approximate surface area is 125 Å². The van der Waals surface area contributed by atoms with Gasteiger partial charge in [0.15, 0.2) is 5.13 Å². The maximum atomic E-state index is 12.2. The highest BCUT2D eigenvalue weighted by molar-refractivity contribution is 7.15. The summed E-state index contributed by atoms with van der Waals surface area (Å²) in [5.74, 6) is 0.207. The van der Waals surface area contributed by atoms with Gasteiger partial charge in [-0.1, -0.05) is 0 Å². The van der Waals surface area contributed by atoms with Gasteiger partial charge in [-0.15, -0.1) is 11.3 Å². The fraction of sp³-hybridized carbons (Fsp3) is 0.357. The van der Waals surface area contributed by atoms with Gasteiger partial charge in [-0.05, 0) is 19.1 Å². The Kier molecular flexibility index (Phi) is 3.74. The van der Waals surface area contributed by atoms with E-state index in [9.17, 15) is 9.59 Å². The lowest BCUT2D eigenvalue weighted by atomic mass is 10.1. The molecule has 0 bridgehead atoms. The lowest BCUT2D eigenvalue weighted by Crippen LogP contribution is -2.27. The van der Waals surface area contributed by atoms with Gasteiger partial charge in [-0.2, -0.15) is 0 Å². The maximum absolute atomic E-state index is 12.2. The van der Waals surface area contributed by atoms with Crippen LogP contribution >= 0.6 is 11.3 Å². The Morgan fingerprint density at radius 3 is 3.14 bits per heavy atom. The molecule has 0 spiro atoms. The van der Waals surface area contributed by atoms with E-state index >= 15 is 0 Å². The van der Waals surface area contributed by atoms with E-state index in [-0.39, 0.29) is 24.2 Å². The fourth-order valence-electron chi connectivity index (χ4n) is 2.31. The lowest BCUT2D eigenvalue weighted by molar-refractivity contribution is -0.128. The molecule has 1 aliphatic heterocycles. The van der Waals surface area contributed by atoms with E-state index in [1.807, 2.05) is 13.0 Å². The van der Waals surface area contributed by atoms with Gasteiger partial charge in [0.2, 0.25) is 11.8 Å². The topological polar surface area (TPSA) is 75.4 Å². The molecule has 7 heteroatoms. The highest BCUT2D eigenvalue weighted by Crippen LogP contribution is 2.23. The molecule has 0 saturated carbocycles. The molecular formula is C14H15N3O3S. The Morgan fingerprint density at radius 2 is 2.48 bits per heavy atom. The Hall–Kier alpha value is -2.15. The number of aryl methyl sites for hydroxylation is 1. The van der Waals surface area contributed by atoms with Crippen LogP contribution in [0.5, 0.6) is 0 Å². The van der Waals surface area contributed by atoms with Gasteiger partial charge < -0.3 is 14.6 Å². The van der Waals surface area contributed by atoms with E-state index in [1.165, 1.54) is 11.3 Å². The van der Waals surface area contributed by atoms with Crippen LogP contribution in [0.1, 0.15) is 17.1 Å². The van der Waals surface area contributed by atoms with Crippen molar-refractivity contribution < 1.29 is 14.0 Å². The molecule has 3 heterocycles. The van der Waals surface area contributed by atoms with Crippen molar-refractivity contribution in [3.63, 3.8) is 0 Å². The highest BCUT2D eigenvalue weighted by Gasteiger charge is 2.34. The Balaban J connectivity index is 1.59. The number of likely N-dealkylation sites (tertiary alicyclic amines) is 1. The zero-order chi connectivity index (χ0) is 14.8. The molecule has 6 nitrogen and oxygen atoms in total. The Bertz CT molecular complexity index is 650. The van der Waals surface area contributed by atoms with E-state index in [1.54, 1.807) is 23.4 Å². The molecule has 2 aromatic rings. The molecule has 1 N–H and O–H groups in total. The second kappa shape index (κ2) is 5.69. The van der Waals surface area contributed by atoms with Gasteiger partial charge in [0.25, 0.3) is 0 Å². The number of nitrogens with one attached hydrogen (secondary N) is 1. The molecule has 1 aliphatic rings. The lowest BCUT2D eigenvalue weighted by Gasteiger charge is -2.14. The summed E-state index contributed by atoms with van der Waals surface area (Å²) in [6.45, 7) is 2.75. The Morgan fingerprint density at radius 1 is 1.62 bits per heavy atom. The number of nitrogens with zero attached hydrogens (tertiary/aromatic N) is 2. The molecule has 1 saturated heterocycles. The first kappa shape index (κ1) is 13.8. The zero-order valence-corrected chi connectivity index (χ0v) is 12.4. The zero-order valence-electron chi connectivity index (χ0n) is 11.5. The van der Waals surface area contributed by atoms with E-state index in [2.05, 4.69) is 10.3 Å². The van der Waals surface area contributed by atoms with Crippen molar-refractivity contribution in [3.05, 3.63) is 35.2 Å². The first-order chi connectivity index (χ1) is 10.1. The third-order valence-electron chi connectivity index (χ3n) is 3.36. The van der Waals surface area contributed by atoms with Crippen LogP contribution in [0.3, 0.4) is 0 Å². The minimum Gasteiger partial charge on any atom is -0.467 e. The molecular weight excluding hydrogens is 290 g/mol. The summed E-state index contributed by atoms with van der Waals surface area (Å²) in [5.41, 5.74) is 0. The molecule has 2 amide bonds. The van der Waals surface area contributed by atoms with Gasteiger partial charge in [-0.25, -0.2) is 4.98 Å². The first-order valence-corrected chi connectivity index (χ1v) is 7.47. The summed E-state index contributed by atoms with van der Waals surface area (Å²) < 4.78 is 5.24. The number of thiazole rings is 1. The van der Waals surface area contributed by atoms with Crippen LogP contribution < -0.4 is 5.32 Å². The standard InChI is InChI=1S/C14H15N3O3S/c1-9-6-15-14(21-9)16-13(19)10-5-12(18)17(7-10)8-11-3-2-4-20-11/h2-4,6,10H,5,7-8H2,1H3,(H,15,16,19)/t10-/m1/s1. The third-order valence-corrected chi connectivity index (χ3v) is 4.19. The smallest absolute Gasteiger partial charge is 0.231 e. The van der Waals surface area contributed by atoms with Crippen molar-refractivity contribution in [1.29, 1.82) is 0 Å². The second-order valence-corrected chi connectivity index (χ2v) is 6.25. The second-order valence-electron chi connectivity index (χ2n) is 5.02. The molecule has 0 aromatic carbocycles. The van der Waals surface area contributed by atoms with E-state index in [4.69, 9.17) is 4.42 Å². The van der Waals surface area contributed by atoms with Gasteiger partial charge in [0.1, 0.15) is 5.76 Å². The van der Waals surface area contributed by atoms with Crippen molar-refractivity contribution >= 4 is 28.3 Å². The van der Waals surface area contributed by atoms with Crippen LogP contribution in [-0.4, -0.2) is 28.2 Å². The molecule has 21 heavy (non-hydrogen) atoms. The fourth-order valence-corrected chi connectivity index (χ4v) is 2.98. The molecule has 0 unspecified atom stereocenters. The first-order valence-electron chi connectivity index (χ1n) is 6.65.